The summed E-state index contributed by atoms with van der Waals surface area (Å²) in [5.74, 6) is -2.15. The van der Waals surface area contributed by atoms with Crippen LogP contribution in [0.25, 0.3) is 22.2 Å². The number of aromatic nitrogens is 1. The molecule has 2 aliphatic rings. The molecule has 0 unspecified atom stereocenters. The number of nitrogens with one attached hydrogen (secondary N) is 3. The first-order chi connectivity index (χ1) is 15.4. The lowest BCUT2D eigenvalue weighted by Gasteiger charge is -2.35. The molecule has 2 aromatic carbocycles. The SMILES string of the molecule is O=C(N[C@@H]1CCNC1=O)OC1CC(c2c(-c3ccc(F)cc3)[nH]c3c(F)cc(F)cc23)C1. The molecule has 1 atom stereocenters. The van der Waals surface area contributed by atoms with Gasteiger partial charge in [0.1, 0.15) is 29.6 Å². The van der Waals surface area contributed by atoms with Crippen molar-refractivity contribution in [2.24, 2.45) is 0 Å². The second kappa shape index (κ2) is 7.89. The van der Waals surface area contributed by atoms with E-state index in [1.165, 1.54) is 18.2 Å². The van der Waals surface area contributed by atoms with Gasteiger partial charge in [-0.2, -0.15) is 0 Å². The molecule has 0 radical (unpaired) electrons. The molecule has 1 saturated carbocycles. The summed E-state index contributed by atoms with van der Waals surface area (Å²) in [6, 6.07) is 7.25. The number of amides is 2. The first-order valence-corrected chi connectivity index (χ1v) is 10.4. The number of rotatable bonds is 4. The normalized spacial score (nSPS) is 22.5. The monoisotopic (exact) mass is 443 g/mol. The highest BCUT2D eigenvalue weighted by molar-refractivity contribution is 5.92. The van der Waals surface area contributed by atoms with Crippen LogP contribution in [0.3, 0.4) is 0 Å². The lowest BCUT2D eigenvalue weighted by Crippen LogP contribution is -2.43. The Labute approximate surface area is 181 Å². The average Bonchev–Trinajstić information content (AvgIpc) is 3.29. The van der Waals surface area contributed by atoms with Gasteiger partial charge in [0.05, 0.1) is 11.2 Å². The Hall–Kier alpha value is -3.49. The van der Waals surface area contributed by atoms with E-state index in [0.717, 1.165) is 6.07 Å². The van der Waals surface area contributed by atoms with Crippen LogP contribution in [0, 0.1) is 17.5 Å². The van der Waals surface area contributed by atoms with E-state index in [4.69, 9.17) is 4.74 Å². The van der Waals surface area contributed by atoms with Gasteiger partial charge in [-0.15, -0.1) is 0 Å². The standard InChI is InChI=1S/C23H20F3N3O3/c24-13-3-1-11(2-4-13)20-19(16-9-14(25)10-17(26)21(16)29-20)12-7-15(8-12)32-23(31)28-18-5-6-27-22(18)30/h1-4,9-10,12,15,18,29H,5-8H2,(H,27,30)(H,28,31)/t12?,15?,18-/m1/s1. The highest BCUT2D eigenvalue weighted by Gasteiger charge is 2.38. The van der Waals surface area contributed by atoms with Gasteiger partial charge in [0.15, 0.2) is 0 Å². The van der Waals surface area contributed by atoms with E-state index >= 15 is 0 Å². The van der Waals surface area contributed by atoms with Gasteiger partial charge in [-0.3, -0.25) is 4.79 Å². The molecule has 9 heteroatoms. The quantitative estimate of drug-likeness (QED) is 0.568. The predicted octanol–water partition coefficient (Wildman–Crippen LogP) is 4.11. The van der Waals surface area contributed by atoms with Crippen LogP contribution in [0.2, 0.25) is 0 Å². The van der Waals surface area contributed by atoms with Gasteiger partial charge in [-0.1, -0.05) is 0 Å². The van der Waals surface area contributed by atoms with Crippen molar-refractivity contribution >= 4 is 22.9 Å². The predicted molar refractivity (Wildman–Crippen MR) is 110 cm³/mol. The Morgan fingerprint density at radius 2 is 1.81 bits per heavy atom. The van der Waals surface area contributed by atoms with E-state index in [9.17, 15) is 22.8 Å². The minimum absolute atomic E-state index is 0.113. The third kappa shape index (κ3) is 3.68. The van der Waals surface area contributed by atoms with Crippen LogP contribution in [0.1, 0.15) is 30.7 Å². The minimum Gasteiger partial charge on any atom is -0.446 e. The van der Waals surface area contributed by atoms with Crippen molar-refractivity contribution < 1.29 is 27.5 Å². The van der Waals surface area contributed by atoms with E-state index in [1.807, 2.05) is 0 Å². The average molecular weight is 443 g/mol. The summed E-state index contributed by atoms with van der Waals surface area (Å²) in [7, 11) is 0. The molecular weight excluding hydrogens is 423 g/mol. The number of fused-ring (bicyclic) bond motifs is 1. The van der Waals surface area contributed by atoms with Gasteiger partial charge >= 0.3 is 6.09 Å². The molecule has 3 aromatic rings. The third-order valence-electron chi connectivity index (χ3n) is 6.11. The molecule has 1 aromatic heterocycles. The molecular formula is C23H20F3N3O3. The molecule has 5 rings (SSSR count). The zero-order valence-electron chi connectivity index (χ0n) is 16.9. The van der Waals surface area contributed by atoms with Gasteiger partial charge in [-0.05, 0) is 66.6 Å². The molecule has 166 valence electrons. The fraction of sp³-hybridized carbons (Fsp3) is 0.304. The summed E-state index contributed by atoms with van der Waals surface area (Å²) in [6.07, 6.45) is 0.390. The van der Waals surface area contributed by atoms with Crippen molar-refractivity contribution in [1.82, 2.24) is 15.6 Å². The summed E-state index contributed by atoms with van der Waals surface area (Å²) >= 11 is 0. The zero-order chi connectivity index (χ0) is 22.4. The van der Waals surface area contributed by atoms with Crippen LogP contribution in [0.5, 0.6) is 0 Å². The van der Waals surface area contributed by atoms with Crippen LogP contribution in [0.15, 0.2) is 36.4 Å². The number of carbonyl (C=O) groups is 2. The molecule has 32 heavy (non-hydrogen) atoms. The Kier molecular flexibility index (Phi) is 5.03. The zero-order valence-corrected chi connectivity index (χ0v) is 16.9. The Balaban J connectivity index is 1.38. The molecule has 2 fully saturated rings. The first-order valence-electron chi connectivity index (χ1n) is 10.4. The van der Waals surface area contributed by atoms with Crippen molar-refractivity contribution in [1.29, 1.82) is 0 Å². The highest BCUT2D eigenvalue weighted by Crippen LogP contribution is 2.46. The summed E-state index contributed by atoms with van der Waals surface area (Å²) in [4.78, 5) is 26.7. The molecule has 3 N–H and O–H groups in total. The lowest BCUT2D eigenvalue weighted by molar-refractivity contribution is -0.120. The number of hydrogen-bond donors (Lipinski definition) is 3. The maximum atomic E-state index is 14.4. The second-order valence-electron chi connectivity index (χ2n) is 8.20. The summed E-state index contributed by atoms with van der Waals surface area (Å²) in [5.41, 5.74) is 2.11. The van der Waals surface area contributed by atoms with Gasteiger partial charge in [-0.25, -0.2) is 18.0 Å². The molecule has 1 saturated heterocycles. The van der Waals surface area contributed by atoms with Crippen molar-refractivity contribution in [2.75, 3.05) is 6.54 Å². The number of H-pyrrole nitrogens is 1. The maximum absolute atomic E-state index is 14.4. The van der Waals surface area contributed by atoms with Gasteiger partial charge in [0.2, 0.25) is 5.91 Å². The van der Waals surface area contributed by atoms with Crippen molar-refractivity contribution in [3.8, 4) is 11.3 Å². The lowest BCUT2D eigenvalue weighted by atomic mass is 9.75. The summed E-state index contributed by atoms with van der Waals surface area (Å²) in [5, 5.41) is 5.60. The van der Waals surface area contributed by atoms with Gasteiger partial charge < -0.3 is 20.4 Å². The number of halogens is 3. The number of carbonyl (C=O) groups excluding carboxylic acids is 2. The Bertz CT molecular complexity index is 1200. The number of benzene rings is 2. The van der Waals surface area contributed by atoms with E-state index in [-0.39, 0.29) is 23.4 Å². The number of ether oxygens (including phenoxy) is 1. The maximum Gasteiger partial charge on any atom is 0.408 e. The topological polar surface area (TPSA) is 83.2 Å². The first kappa shape index (κ1) is 20.4. The largest absolute Gasteiger partial charge is 0.446 e. The Morgan fingerprint density at radius 1 is 1.06 bits per heavy atom. The van der Waals surface area contributed by atoms with E-state index in [1.54, 1.807) is 12.1 Å². The smallest absolute Gasteiger partial charge is 0.408 e. The highest BCUT2D eigenvalue weighted by atomic mass is 19.1. The van der Waals surface area contributed by atoms with Gasteiger partial charge in [0.25, 0.3) is 0 Å². The molecule has 1 aliphatic heterocycles. The number of alkyl carbamates (subject to hydrolysis) is 1. The third-order valence-corrected chi connectivity index (χ3v) is 6.11. The van der Waals surface area contributed by atoms with Crippen molar-refractivity contribution in [3.63, 3.8) is 0 Å². The summed E-state index contributed by atoms with van der Waals surface area (Å²) < 4.78 is 47.2. The molecule has 2 heterocycles. The number of aromatic amines is 1. The fourth-order valence-electron chi connectivity index (χ4n) is 4.47. The summed E-state index contributed by atoms with van der Waals surface area (Å²) in [6.45, 7) is 0.509. The van der Waals surface area contributed by atoms with Crippen LogP contribution >= 0.6 is 0 Å². The van der Waals surface area contributed by atoms with Crippen LogP contribution in [-0.2, 0) is 9.53 Å². The van der Waals surface area contributed by atoms with Crippen LogP contribution < -0.4 is 10.6 Å². The van der Waals surface area contributed by atoms with Crippen LogP contribution in [0.4, 0.5) is 18.0 Å². The van der Waals surface area contributed by atoms with Crippen molar-refractivity contribution in [3.05, 3.63) is 59.4 Å². The minimum atomic E-state index is -0.712. The fourth-order valence-corrected chi connectivity index (χ4v) is 4.47. The Morgan fingerprint density at radius 3 is 2.50 bits per heavy atom. The molecule has 0 bridgehead atoms. The van der Waals surface area contributed by atoms with E-state index in [2.05, 4.69) is 15.6 Å². The molecule has 6 nitrogen and oxygen atoms in total. The van der Waals surface area contributed by atoms with Crippen molar-refractivity contribution in [2.45, 2.75) is 37.3 Å². The number of hydrogen-bond acceptors (Lipinski definition) is 3. The molecule has 2 amide bonds. The van der Waals surface area contributed by atoms with E-state index < -0.39 is 29.6 Å². The van der Waals surface area contributed by atoms with E-state index in [0.29, 0.717) is 48.0 Å². The second-order valence-corrected chi connectivity index (χ2v) is 8.20. The molecule has 0 spiro atoms. The van der Waals surface area contributed by atoms with Gasteiger partial charge in [0, 0.05) is 18.0 Å². The molecule has 1 aliphatic carbocycles. The van der Waals surface area contributed by atoms with Crippen LogP contribution in [-0.4, -0.2) is 35.7 Å².